The van der Waals surface area contributed by atoms with Crippen LogP contribution in [0.1, 0.15) is 49.0 Å². The maximum Gasteiger partial charge on any atom is 0.266 e. The van der Waals surface area contributed by atoms with Gasteiger partial charge in [-0.15, -0.1) is 0 Å². The Morgan fingerprint density at radius 3 is 2.50 bits per heavy atom. The number of benzene rings is 2. The molecule has 2 aromatic carbocycles. The molecular formula is C27H28N4O2S. The summed E-state index contributed by atoms with van der Waals surface area (Å²) in [4.78, 5) is 20.7. The fourth-order valence-electron chi connectivity index (χ4n) is 4.55. The number of hydrogen-bond acceptors (Lipinski definition) is 5. The molecule has 0 atom stereocenters. The van der Waals surface area contributed by atoms with Gasteiger partial charge in [0, 0.05) is 30.8 Å². The molecule has 0 saturated heterocycles. The van der Waals surface area contributed by atoms with E-state index >= 15 is 0 Å². The zero-order valence-electron chi connectivity index (χ0n) is 20.0. The SMILES string of the molecule is COc1ccc(Cc2c(C)nn(-c3nc(C)c(C(=O)N4CCc5ccccc5C4)s3)c2C)cc1. The number of carbonyl (C=O) groups excluding carboxylic acids is 1. The van der Waals surface area contributed by atoms with Gasteiger partial charge < -0.3 is 9.64 Å². The average Bonchev–Trinajstić information content (AvgIpc) is 3.38. The van der Waals surface area contributed by atoms with Crippen LogP contribution in [0.25, 0.3) is 5.13 Å². The minimum absolute atomic E-state index is 0.0516. The van der Waals surface area contributed by atoms with Gasteiger partial charge in [-0.05, 0) is 56.0 Å². The topological polar surface area (TPSA) is 60.2 Å². The lowest BCUT2D eigenvalue weighted by Crippen LogP contribution is -2.35. The maximum absolute atomic E-state index is 13.4. The number of hydrogen-bond donors (Lipinski definition) is 0. The molecule has 2 aromatic heterocycles. The monoisotopic (exact) mass is 472 g/mol. The van der Waals surface area contributed by atoms with Gasteiger partial charge in [-0.25, -0.2) is 9.67 Å². The van der Waals surface area contributed by atoms with Crippen molar-refractivity contribution in [2.24, 2.45) is 0 Å². The number of carbonyl (C=O) groups is 1. The van der Waals surface area contributed by atoms with Gasteiger partial charge in [0.25, 0.3) is 5.91 Å². The highest BCUT2D eigenvalue weighted by Gasteiger charge is 2.26. The number of methoxy groups -OCH3 is 1. The van der Waals surface area contributed by atoms with Crippen LogP contribution in [0, 0.1) is 20.8 Å². The Labute approximate surface area is 203 Å². The van der Waals surface area contributed by atoms with E-state index in [1.807, 2.05) is 41.6 Å². The van der Waals surface area contributed by atoms with Gasteiger partial charge in [0.2, 0.25) is 5.13 Å². The molecule has 0 bridgehead atoms. The van der Waals surface area contributed by atoms with Crippen LogP contribution in [0.4, 0.5) is 0 Å². The van der Waals surface area contributed by atoms with Crippen molar-refractivity contribution in [2.75, 3.05) is 13.7 Å². The second-order valence-corrected chi connectivity index (χ2v) is 9.72. The second kappa shape index (κ2) is 9.06. The third-order valence-electron chi connectivity index (χ3n) is 6.56. The van der Waals surface area contributed by atoms with Gasteiger partial charge >= 0.3 is 0 Å². The third kappa shape index (κ3) is 4.12. The molecule has 0 fully saturated rings. The second-order valence-electron chi connectivity index (χ2n) is 8.74. The molecule has 0 N–H and O–H groups in total. The number of aryl methyl sites for hydroxylation is 2. The van der Waals surface area contributed by atoms with E-state index in [2.05, 4.69) is 37.3 Å². The predicted molar refractivity (Wildman–Crippen MR) is 134 cm³/mol. The fourth-order valence-corrected chi connectivity index (χ4v) is 5.59. The number of nitrogens with zero attached hydrogens (tertiary/aromatic N) is 4. The molecule has 1 aliphatic heterocycles. The van der Waals surface area contributed by atoms with Crippen LogP contribution in [0.5, 0.6) is 5.75 Å². The van der Waals surface area contributed by atoms with Crippen molar-refractivity contribution < 1.29 is 9.53 Å². The summed E-state index contributed by atoms with van der Waals surface area (Å²) in [5, 5.41) is 5.52. The summed E-state index contributed by atoms with van der Waals surface area (Å²) in [6.07, 6.45) is 1.67. The molecule has 0 aliphatic carbocycles. The van der Waals surface area contributed by atoms with Gasteiger partial charge in [-0.3, -0.25) is 4.79 Å². The fraction of sp³-hybridized carbons (Fsp3) is 0.296. The molecule has 4 aromatic rings. The van der Waals surface area contributed by atoms with Crippen molar-refractivity contribution in [3.63, 3.8) is 0 Å². The van der Waals surface area contributed by atoms with E-state index in [1.54, 1.807) is 7.11 Å². The zero-order chi connectivity index (χ0) is 23.8. The van der Waals surface area contributed by atoms with E-state index in [0.717, 1.165) is 47.3 Å². The molecule has 34 heavy (non-hydrogen) atoms. The van der Waals surface area contributed by atoms with E-state index < -0.39 is 0 Å². The standard InChI is InChI=1S/C27H28N4O2S/c1-17-24(15-20-9-11-23(33-4)12-10-20)19(3)31(29-17)27-28-18(2)25(34-27)26(32)30-14-13-21-7-5-6-8-22(21)16-30/h5-12H,13-16H2,1-4H3. The van der Waals surface area contributed by atoms with Gasteiger partial charge in [0.15, 0.2) is 0 Å². The van der Waals surface area contributed by atoms with Crippen LogP contribution < -0.4 is 4.74 Å². The minimum Gasteiger partial charge on any atom is -0.497 e. The van der Waals surface area contributed by atoms with Crippen molar-refractivity contribution in [1.82, 2.24) is 19.7 Å². The molecule has 1 aliphatic rings. The zero-order valence-corrected chi connectivity index (χ0v) is 20.8. The lowest BCUT2D eigenvalue weighted by Gasteiger charge is -2.28. The smallest absolute Gasteiger partial charge is 0.266 e. The van der Waals surface area contributed by atoms with Crippen molar-refractivity contribution in [2.45, 2.75) is 40.2 Å². The molecule has 3 heterocycles. The Morgan fingerprint density at radius 1 is 1.03 bits per heavy atom. The molecular weight excluding hydrogens is 444 g/mol. The maximum atomic E-state index is 13.4. The first kappa shape index (κ1) is 22.3. The highest BCUT2D eigenvalue weighted by Crippen LogP contribution is 2.29. The van der Waals surface area contributed by atoms with Crippen molar-refractivity contribution in [1.29, 1.82) is 0 Å². The van der Waals surface area contributed by atoms with Crippen LogP contribution in [-0.4, -0.2) is 39.2 Å². The number of thiazole rings is 1. The van der Waals surface area contributed by atoms with E-state index in [1.165, 1.54) is 33.6 Å². The largest absolute Gasteiger partial charge is 0.497 e. The van der Waals surface area contributed by atoms with Gasteiger partial charge in [0.05, 0.1) is 18.5 Å². The molecule has 5 rings (SSSR count). The average molecular weight is 473 g/mol. The molecule has 174 valence electrons. The third-order valence-corrected chi connectivity index (χ3v) is 7.68. The van der Waals surface area contributed by atoms with Crippen LogP contribution in [0.15, 0.2) is 48.5 Å². The highest BCUT2D eigenvalue weighted by molar-refractivity contribution is 7.16. The summed E-state index contributed by atoms with van der Waals surface area (Å²) in [5.74, 6) is 0.899. The Balaban J connectivity index is 1.39. The van der Waals surface area contributed by atoms with E-state index in [4.69, 9.17) is 14.8 Å². The summed E-state index contributed by atoms with van der Waals surface area (Å²) >= 11 is 1.42. The van der Waals surface area contributed by atoms with Crippen LogP contribution in [0.3, 0.4) is 0 Å². The van der Waals surface area contributed by atoms with E-state index in [9.17, 15) is 4.79 Å². The molecule has 0 unspecified atom stereocenters. The molecule has 0 spiro atoms. The first-order valence-corrected chi connectivity index (χ1v) is 12.3. The van der Waals surface area contributed by atoms with E-state index in [0.29, 0.717) is 11.4 Å². The molecule has 1 amide bonds. The van der Waals surface area contributed by atoms with Crippen LogP contribution >= 0.6 is 11.3 Å². The van der Waals surface area contributed by atoms with Crippen molar-refractivity contribution in [3.8, 4) is 10.9 Å². The van der Waals surface area contributed by atoms with E-state index in [-0.39, 0.29) is 5.91 Å². The minimum atomic E-state index is 0.0516. The Hall–Kier alpha value is -3.45. The summed E-state index contributed by atoms with van der Waals surface area (Å²) in [6.45, 7) is 7.38. The molecule has 7 heteroatoms. The lowest BCUT2D eigenvalue weighted by atomic mass is 10.00. The summed E-state index contributed by atoms with van der Waals surface area (Å²) in [5.41, 5.74) is 7.72. The first-order valence-electron chi connectivity index (χ1n) is 11.5. The number of fused-ring (bicyclic) bond motifs is 1. The summed E-state index contributed by atoms with van der Waals surface area (Å²) in [7, 11) is 1.67. The molecule has 0 radical (unpaired) electrons. The summed E-state index contributed by atoms with van der Waals surface area (Å²) in [6, 6.07) is 16.5. The Kier molecular flexibility index (Phi) is 5.96. The summed E-state index contributed by atoms with van der Waals surface area (Å²) < 4.78 is 7.15. The van der Waals surface area contributed by atoms with Gasteiger partial charge in [-0.2, -0.15) is 5.10 Å². The number of rotatable bonds is 5. The Morgan fingerprint density at radius 2 is 1.76 bits per heavy atom. The first-order chi connectivity index (χ1) is 16.4. The predicted octanol–water partition coefficient (Wildman–Crippen LogP) is 5.05. The van der Waals surface area contributed by atoms with Crippen LogP contribution in [-0.2, 0) is 19.4 Å². The van der Waals surface area contributed by atoms with Gasteiger partial charge in [0.1, 0.15) is 10.6 Å². The van der Waals surface area contributed by atoms with Crippen molar-refractivity contribution >= 4 is 17.2 Å². The molecule has 6 nitrogen and oxygen atoms in total. The van der Waals surface area contributed by atoms with Crippen LogP contribution in [0.2, 0.25) is 0 Å². The number of ether oxygens (including phenoxy) is 1. The quantitative estimate of drug-likeness (QED) is 0.408. The van der Waals surface area contributed by atoms with Crippen molar-refractivity contribution in [3.05, 3.63) is 92.7 Å². The number of amides is 1. The van der Waals surface area contributed by atoms with Gasteiger partial charge in [-0.1, -0.05) is 47.7 Å². The highest BCUT2D eigenvalue weighted by atomic mass is 32.1. The number of aromatic nitrogens is 3. The molecule has 0 saturated carbocycles. The lowest BCUT2D eigenvalue weighted by molar-refractivity contribution is 0.0738. The normalized spacial score (nSPS) is 13.1. The Bertz CT molecular complexity index is 1350.